The summed E-state index contributed by atoms with van der Waals surface area (Å²) < 4.78 is 6.09. The van der Waals surface area contributed by atoms with Crippen LogP contribution in [0.5, 0.6) is 5.75 Å². The minimum Gasteiger partial charge on any atom is -0.490 e. The smallest absolute Gasteiger partial charge is 0.126 e. The number of aliphatic hydroxyl groups excluding tert-OH is 1. The lowest BCUT2D eigenvalue weighted by molar-refractivity contribution is 0.0594. The maximum absolute atomic E-state index is 10.8. The van der Waals surface area contributed by atoms with Crippen LogP contribution < -0.4 is 4.74 Å². The van der Waals surface area contributed by atoms with Crippen molar-refractivity contribution in [2.24, 2.45) is 4.99 Å². The molecule has 3 atom stereocenters. The second-order valence-corrected chi connectivity index (χ2v) is 11.5. The average molecular weight is 523 g/mol. The van der Waals surface area contributed by atoms with Crippen molar-refractivity contribution in [1.29, 1.82) is 0 Å². The zero-order valence-corrected chi connectivity index (χ0v) is 22.3. The third-order valence-electron chi connectivity index (χ3n) is 7.67. The molecule has 0 spiro atoms. The molecule has 4 nitrogen and oxygen atoms in total. The lowest BCUT2D eigenvalue weighted by Crippen LogP contribution is -2.40. The highest BCUT2D eigenvalue weighted by atomic mass is 32.2. The van der Waals surface area contributed by atoms with Gasteiger partial charge in [-0.25, -0.2) is 0 Å². The van der Waals surface area contributed by atoms with Crippen molar-refractivity contribution < 1.29 is 9.84 Å². The van der Waals surface area contributed by atoms with Crippen LogP contribution in [0.25, 0.3) is 16.8 Å². The van der Waals surface area contributed by atoms with Crippen molar-refractivity contribution >= 4 is 33.7 Å². The van der Waals surface area contributed by atoms with Crippen LogP contribution in [0.15, 0.2) is 102 Å². The number of aliphatic hydroxyl groups is 1. The Morgan fingerprint density at radius 3 is 2.63 bits per heavy atom. The third-order valence-corrected chi connectivity index (χ3v) is 8.86. The van der Waals surface area contributed by atoms with Crippen molar-refractivity contribution in [2.75, 3.05) is 26.2 Å². The fourth-order valence-electron chi connectivity index (χ4n) is 5.68. The average Bonchev–Trinajstić information content (AvgIpc) is 3.39. The van der Waals surface area contributed by atoms with Gasteiger partial charge < -0.3 is 14.7 Å². The highest BCUT2D eigenvalue weighted by Crippen LogP contribution is 2.34. The minimum absolute atomic E-state index is 0.239. The van der Waals surface area contributed by atoms with Crippen molar-refractivity contribution in [3.05, 3.63) is 108 Å². The molecule has 0 saturated carbocycles. The molecule has 1 fully saturated rings. The number of β-amino-alcohol motifs (C(OH)–C–C–N with tert-alkyl or cyclic N) is 1. The number of fused-ring (bicyclic) bond motifs is 2. The first-order chi connectivity index (χ1) is 18.7. The van der Waals surface area contributed by atoms with E-state index in [1.807, 2.05) is 24.3 Å². The molecule has 2 aliphatic heterocycles. The van der Waals surface area contributed by atoms with E-state index in [-0.39, 0.29) is 12.6 Å². The molecule has 0 amide bonds. The Bertz CT molecular complexity index is 1380. The quantitative estimate of drug-likeness (QED) is 0.368. The number of rotatable bonds is 8. The predicted octanol–water partition coefficient (Wildman–Crippen LogP) is 6.48. The molecule has 6 rings (SSSR count). The molecule has 3 aliphatic rings. The van der Waals surface area contributed by atoms with E-state index < -0.39 is 6.10 Å². The van der Waals surface area contributed by atoms with Crippen LogP contribution >= 0.6 is 11.8 Å². The Hall–Kier alpha value is -3.12. The van der Waals surface area contributed by atoms with E-state index in [0.717, 1.165) is 42.3 Å². The van der Waals surface area contributed by atoms with Gasteiger partial charge in [-0.1, -0.05) is 96.7 Å². The van der Waals surface area contributed by atoms with Crippen LogP contribution in [0.4, 0.5) is 0 Å². The summed E-state index contributed by atoms with van der Waals surface area (Å²) in [4.78, 5) is 7.18. The summed E-state index contributed by atoms with van der Waals surface area (Å²) in [7, 11) is 0. The van der Waals surface area contributed by atoms with Gasteiger partial charge in [0.2, 0.25) is 0 Å². The maximum Gasteiger partial charge on any atom is 0.126 e. The second-order valence-electron chi connectivity index (χ2n) is 10.3. The van der Waals surface area contributed by atoms with Crippen LogP contribution in [0, 0.1) is 0 Å². The molecule has 0 aromatic heterocycles. The molecule has 3 aromatic rings. The lowest BCUT2D eigenvalue weighted by Gasteiger charge is -2.33. The van der Waals surface area contributed by atoms with E-state index in [0.29, 0.717) is 17.7 Å². The molecular formula is C33H34N2O2S. The topological polar surface area (TPSA) is 45.1 Å². The SMILES string of the molecule is O[C@H](COc1ccccc1/C=C/C1=NC2C=CC=CC2S1)CN1CCC(c2cccc3ccccc23)CC1. The second kappa shape index (κ2) is 11.7. The number of nitrogens with zero attached hydrogens (tertiary/aromatic N) is 2. The summed E-state index contributed by atoms with van der Waals surface area (Å²) >= 11 is 1.80. The van der Waals surface area contributed by atoms with Gasteiger partial charge in [-0.2, -0.15) is 0 Å². The molecular weight excluding hydrogens is 488 g/mol. The van der Waals surface area contributed by atoms with Gasteiger partial charge in [-0.05, 0) is 66.4 Å². The van der Waals surface area contributed by atoms with E-state index in [1.165, 1.54) is 16.3 Å². The molecule has 2 unspecified atom stereocenters. The number of para-hydroxylation sites is 1. The van der Waals surface area contributed by atoms with Crippen LogP contribution in [-0.2, 0) is 0 Å². The van der Waals surface area contributed by atoms with Crippen LogP contribution in [-0.4, -0.2) is 58.7 Å². The number of ether oxygens (including phenoxy) is 1. The van der Waals surface area contributed by atoms with Crippen LogP contribution in [0.3, 0.4) is 0 Å². The largest absolute Gasteiger partial charge is 0.490 e. The van der Waals surface area contributed by atoms with Gasteiger partial charge in [0.15, 0.2) is 0 Å². The van der Waals surface area contributed by atoms with Gasteiger partial charge in [-0.3, -0.25) is 4.99 Å². The van der Waals surface area contributed by atoms with Crippen LogP contribution in [0.1, 0.15) is 29.9 Å². The summed E-state index contributed by atoms with van der Waals surface area (Å²) in [5, 5.41) is 14.9. The molecule has 5 heteroatoms. The van der Waals surface area contributed by atoms with Gasteiger partial charge in [-0.15, -0.1) is 0 Å². The van der Waals surface area contributed by atoms with E-state index in [4.69, 9.17) is 9.73 Å². The van der Waals surface area contributed by atoms with Gasteiger partial charge in [0, 0.05) is 12.1 Å². The molecule has 194 valence electrons. The molecule has 1 N–H and O–H groups in total. The molecule has 3 aromatic carbocycles. The summed E-state index contributed by atoms with van der Waals surface area (Å²) in [5.74, 6) is 1.36. The maximum atomic E-state index is 10.8. The Kier molecular flexibility index (Phi) is 7.77. The number of hydrogen-bond donors (Lipinski definition) is 1. The predicted molar refractivity (Wildman–Crippen MR) is 160 cm³/mol. The fraction of sp³-hybridized carbons (Fsp3) is 0.303. The van der Waals surface area contributed by atoms with Gasteiger partial charge in [0.25, 0.3) is 0 Å². The number of thioether (sulfide) groups is 1. The number of likely N-dealkylation sites (tertiary alicyclic amines) is 1. The zero-order chi connectivity index (χ0) is 25.7. The molecule has 1 saturated heterocycles. The van der Waals surface area contributed by atoms with E-state index in [2.05, 4.69) is 83.8 Å². The Labute approximate surface area is 229 Å². The Balaban J connectivity index is 1.00. The lowest BCUT2D eigenvalue weighted by atomic mass is 9.86. The highest BCUT2D eigenvalue weighted by molar-refractivity contribution is 8.15. The third kappa shape index (κ3) is 5.80. The first kappa shape index (κ1) is 25.2. The highest BCUT2D eigenvalue weighted by Gasteiger charge is 2.26. The standard InChI is InChI=1S/C33H34N2O2S/c36-27(22-35-20-18-25(19-21-35)29-12-7-10-24-8-1-3-11-28(24)29)23-37-31-14-5-2-9-26(31)16-17-33-34-30-13-4-6-15-32(30)38-33/h1-17,25,27,30,32,36H,18-23H2/b17-16+/t27-,30?,32?/m0/s1. The van der Waals surface area contributed by atoms with E-state index in [1.54, 1.807) is 11.8 Å². The summed E-state index contributed by atoms with van der Waals surface area (Å²) in [6.07, 6.45) is 14.4. The number of hydrogen-bond acceptors (Lipinski definition) is 5. The Morgan fingerprint density at radius 2 is 1.74 bits per heavy atom. The van der Waals surface area contributed by atoms with Crippen molar-refractivity contribution in [3.63, 3.8) is 0 Å². The van der Waals surface area contributed by atoms with Gasteiger partial charge in [0.1, 0.15) is 18.5 Å². The van der Waals surface area contributed by atoms with Crippen molar-refractivity contribution in [1.82, 2.24) is 4.90 Å². The molecule has 0 radical (unpaired) electrons. The summed E-state index contributed by atoms with van der Waals surface area (Å²) in [6.45, 7) is 2.91. The number of benzene rings is 3. The first-order valence-electron chi connectivity index (χ1n) is 13.6. The van der Waals surface area contributed by atoms with Gasteiger partial charge in [0.05, 0.1) is 16.3 Å². The van der Waals surface area contributed by atoms with Crippen molar-refractivity contribution in [3.8, 4) is 5.75 Å². The monoisotopic (exact) mass is 522 g/mol. The molecule has 0 bridgehead atoms. The minimum atomic E-state index is -0.530. The van der Waals surface area contributed by atoms with E-state index in [9.17, 15) is 5.11 Å². The van der Waals surface area contributed by atoms with Gasteiger partial charge >= 0.3 is 0 Å². The summed E-state index contributed by atoms with van der Waals surface area (Å²) in [5.41, 5.74) is 2.46. The number of allylic oxidation sites excluding steroid dienone is 2. The Morgan fingerprint density at radius 1 is 0.947 bits per heavy atom. The van der Waals surface area contributed by atoms with E-state index >= 15 is 0 Å². The summed E-state index contributed by atoms with van der Waals surface area (Å²) in [6, 6.07) is 23.6. The normalized spacial score (nSPS) is 22.6. The van der Waals surface area contributed by atoms with Crippen LogP contribution in [0.2, 0.25) is 0 Å². The fourth-order valence-corrected chi connectivity index (χ4v) is 6.75. The molecule has 38 heavy (non-hydrogen) atoms. The van der Waals surface area contributed by atoms with Crippen molar-refractivity contribution in [2.45, 2.75) is 36.2 Å². The first-order valence-corrected chi connectivity index (χ1v) is 14.5. The zero-order valence-electron chi connectivity index (χ0n) is 21.5. The number of piperidine rings is 1. The molecule has 2 heterocycles. The number of aliphatic imine (C=N–C) groups is 1. The molecule has 1 aliphatic carbocycles.